The van der Waals surface area contributed by atoms with Crippen LogP contribution in [0.15, 0.2) is 18.2 Å². The zero-order chi connectivity index (χ0) is 12.3. The topological polar surface area (TPSA) is 32.3 Å². The molecule has 1 aromatic rings. The third-order valence-electron chi connectivity index (χ3n) is 3.53. The van der Waals surface area contributed by atoms with Gasteiger partial charge in [-0.2, -0.15) is 0 Å². The van der Waals surface area contributed by atoms with E-state index in [0.717, 1.165) is 36.4 Å². The van der Waals surface area contributed by atoms with Crippen molar-refractivity contribution in [3.05, 3.63) is 34.3 Å². The second-order valence-corrected chi connectivity index (χ2v) is 5.33. The van der Waals surface area contributed by atoms with Gasteiger partial charge >= 0.3 is 0 Å². The van der Waals surface area contributed by atoms with Crippen molar-refractivity contribution in [3.8, 4) is 0 Å². The molecule has 2 nitrogen and oxygen atoms in total. The van der Waals surface area contributed by atoms with Gasteiger partial charge in [0.05, 0.1) is 6.10 Å². The predicted molar refractivity (Wildman–Crippen MR) is 71.3 cm³/mol. The Morgan fingerprint density at radius 2 is 2.12 bits per heavy atom. The number of nitrogens with one attached hydrogen (secondary N) is 1. The van der Waals surface area contributed by atoms with E-state index in [1.54, 1.807) is 0 Å². The molecule has 1 aliphatic carbocycles. The van der Waals surface area contributed by atoms with Crippen molar-refractivity contribution in [2.75, 3.05) is 0 Å². The van der Waals surface area contributed by atoms with Gasteiger partial charge in [-0.15, -0.1) is 0 Å². The molecule has 0 amide bonds. The van der Waals surface area contributed by atoms with E-state index in [2.05, 4.69) is 11.4 Å². The number of benzene rings is 1. The van der Waals surface area contributed by atoms with Crippen LogP contribution in [0.5, 0.6) is 0 Å². The van der Waals surface area contributed by atoms with Crippen LogP contribution in [0.2, 0.25) is 5.02 Å². The fourth-order valence-corrected chi connectivity index (χ4v) is 2.55. The number of aryl methyl sites for hydroxylation is 1. The first-order valence-electron chi connectivity index (χ1n) is 6.33. The maximum Gasteiger partial charge on any atom is 0.0693 e. The van der Waals surface area contributed by atoms with Crippen LogP contribution < -0.4 is 5.32 Å². The standard InChI is InChI=1S/C14H20ClNO/c1-10-6-7-11(8-12(10)15)9-16-13-4-2-3-5-14(13)17/h6-8,13-14,16-17H,2-5,9H2,1H3. The lowest BCUT2D eigenvalue weighted by molar-refractivity contribution is 0.0902. The molecule has 1 aromatic carbocycles. The van der Waals surface area contributed by atoms with Crippen LogP contribution in [0.25, 0.3) is 0 Å². The summed E-state index contributed by atoms with van der Waals surface area (Å²) in [5.41, 5.74) is 2.28. The second kappa shape index (κ2) is 5.85. The van der Waals surface area contributed by atoms with E-state index in [0.29, 0.717) is 0 Å². The Kier molecular flexibility index (Phi) is 4.43. The summed E-state index contributed by atoms with van der Waals surface area (Å²) < 4.78 is 0. The summed E-state index contributed by atoms with van der Waals surface area (Å²) in [5, 5.41) is 14.1. The lowest BCUT2D eigenvalue weighted by Gasteiger charge is -2.28. The summed E-state index contributed by atoms with van der Waals surface area (Å²) in [7, 11) is 0. The largest absolute Gasteiger partial charge is 0.392 e. The molecule has 2 N–H and O–H groups in total. The minimum Gasteiger partial charge on any atom is -0.392 e. The summed E-state index contributed by atoms with van der Waals surface area (Å²) in [6.07, 6.45) is 4.16. The van der Waals surface area contributed by atoms with Crippen molar-refractivity contribution < 1.29 is 5.11 Å². The van der Waals surface area contributed by atoms with Crippen LogP contribution >= 0.6 is 11.6 Å². The monoisotopic (exact) mass is 253 g/mol. The Bertz CT molecular complexity index is 380. The van der Waals surface area contributed by atoms with E-state index >= 15 is 0 Å². The van der Waals surface area contributed by atoms with Crippen molar-refractivity contribution in [1.82, 2.24) is 5.32 Å². The maximum atomic E-state index is 9.86. The lowest BCUT2D eigenvalue weighted by Crippen LogP contribution is -2.41. The Hall–Kier alpha value is -0.570. The maximum absolute atomic E-state index is 9.86. The molecule has 0 saturated heterocycles. The van der Waals surface area contributed by atoms with E-state index in [1.165, 1.54) is 12.0 Å². The Balaban J connectivity index is 1.90. The lowest BCUT2D eigenvalue weighted by atomic mass is 9.92. The Morgan fingerprint density at radius 3 is 2.82 bits per heavy atom. The molecule has 3 heteroatoms. The van der Waals surface area contributed by atoms with Gasteiger partial charge in [-0.3, -0.25) is 0 Å². The number of hydrogen-bond acceptors (Lipinski definition) is 2. The molecule has 0 radical (unpaired) electrons. The van der Waals surface area contributed by atoms with Crippen molar-refractivity contribution in [2.24, 2.45) is 0 Å². The smallest absolute Gasteiger partial charge is 0.0693 e. The van der Waals surface area contributed by atoms with Gasteiger partial charge in [-0.1, -0.05) is 36.6 Å². The first-order valence-corrected chi connectivity index (χ1v) is 6.71. The average Bonchev–Trinajstić information content (AvgIpc) is 2.32. The number of aliphatic hydroxyl groups excluding tert-OH is 1. The fraction of sp³-hybridized carbons (Fsp3) is 0.571. The molecule has 0 aromatic heterocycles. The molecule has 94 valence electrons. The van der Waals surface area contributed by atoms with Crippen LogP contribution in [0.4, 0.5) is 0 Å². The first kappa shape index (κ1) is 12.9. The zero-order valence-corrected chi connectivity index (χ0v) is 11.0. The van der Waals surface area contributed by atoms with Gasteiger partial charge in [0.1, 0.15) is 0 Å². The number of hydrogen-bond donors (Lipinski definition) is 2. The highest BCUT2D eigenvalue weighted by Gasteiger charge is 2.22. The molecule has 2 unspecified atom stereocenters. The SMILES string of the molecule is Cc1ccc(CNC2CCCCC2O)cc1Cl. The molecule has 2 rings (SSSR count). The molecule has 0 bridgehead atoms. The van der Waals surface area contributed by atoms with Gasteiger partial charge in [0.25, 0.3) is 0 Å². The van der Waals surface area contributed by atoms with Crippen LogP contribution in [-0.2, 0) is 6.54 Å². The van der Waals surface area contributed by atoms with Crippen LogP contribution in [-0.4, -0.2) is 17.3 Å². The normalized spacial score (nSPS) is 24.9. The Labute approximate surface area is 108 Å². The summed E-state index contributed by atoms with van der Waals surface area (Å²) in [4.78, 5) is 0. The van der Waals surface area contributed by atoms with E-state index in [9.17, 15) is 5.11 Å². The Morgan fingerprint density at radius 1 is 1.35 bits per heavy atom. The highest BCUT2D eigenvalue weighted by atomic mass is 35.5. The molecule has 17 heavy (non-hydrogen) atoms. The van der Waals surface area contributed by atoms with Gasteiger partial charge in [0.2, 0.25) is 0 Å². The minimum atomic E-state index is -0.190. The van der Waals surface area contributed by atoms with E-state index in [1.807, 2.05) is 19.1 Å². The summed E-state index contributed by atoms with van der Waals surface area (Å²) in [6, 6.07) is 6.36. The highest BCUT2D eigenvalue weighted by Crippen LogP contribution is 2.20. The number of aliphatic hydroxyl groups is 1. The fourth-order valence-electron chi connectivity index (χ4n) is 2.34. The molecule has 1 aliphatic rings. The molecule has 0 heterocycles. The van der Waals surface area contributed by atoms with E-state index in [4.69, 9.17) is 11.6 Å². The van der Waals surface area contributed by atoms with Crippen molar-refractivity contribution in [1.29, 1.82) is 0 Å². The summed E-state index contributed by atoms with van der Waals surface area (Å²) >= 11 is 6.09. The number of halogens is 1. The van der Waals surface area contributed by atoms with Gasteiger partial charge in [-0.25, -0.2) is 0 Å². The summed E-state index contributed by atoms with van der Waals surface area (Å²) in [5.74, 6) is 0. The van der Waals surface area contributed by atoms with Crippen LogP contribution in [0.3, 0.4) is 0 Å². The molecule has 2 atom stereocenters. The quantitative estimate of drug-likeness (QED) is 0.868. The van der Waals surface area contributed by atoms with E-state index < -0.39 is 0 Å². The molecule has 1 fully saturated rings. The third kappa shape index (κ3) is 3.44. The van der Waals surface area contributed by atoms with Crippen molar-refractivity contribution >= 4 is 11.6 Å². The van der Waals surface area contributed by atoms with Gasteiger partial charge < -0.3 is 10.4 Å². The second-order valence-electron chi connectivity index (χ2n) is 4.92. The van der Waals surface area contributed by atoms with Crippen molar-refractivity contribution in [2.45, 2.75) is 51.3 Å². The molecule has 0 aliphatic heterocycles. The van der Waals surface area contributed by atoms with Crippen LogP contribution in [0.1, 0.15) is 36.8 Å². The van der Waals surface area contributed by atoms with E-state index in [-0.39, 0.29) is 12.1 Å². The van der Waals surface area contributed by atoms with Gasteiger partial charge in [0.15, 0.2) is 0 Å². The molecular formula is C14H20ClNO. The third-order valence-corrected chi connectivity index (χ3v) is 3.94. The molecular weight excluding hydrogens is 234 g/mol. The highest BCUT2D eigenvalue weighted by molar-refractivity contribution is 6.31. The minimum absolute atomic E-state index is 0.190. The predicted octanol–water partition coefficient (Wildman–Crippen LogP) is 3.04. The van der Waals surface area contributed by atoms with Gasteiger partial charge in [-0.05, 0) is 37.0 Å². The van der Waals surface area contributed by atoms with Crippen molar-refractivity contribution in [3.63, 3.8) is 0 Å². The molecule has 1 saturated carbocycles. The zero-order valence-electron chi connectivity index (χ0n) is 10.2. The summed E-state index contributed by atoms with van der Waals surface area (Å²) in [6.45, 7) is 2.78. The van der Waals surface area contributed by atoms with Crippen LogP contribution in [0, 0.1) is 6.92 Å². The number of rotatable bonds is 3. The first-order chi connectivity index (χ1) is 8.16. The van der Waals surface area contributed by atoms with Gasteiger partial charge in [0, 0.05) is 17.6 Å². The molecule has 0 spiro atoms. The average molecular weight is 254 g/mol.